The van der Waals surface area contributed by atoms with Crippen molar-refractivity contribution in [2.75, 3.05) is 13.2 Å². The van der Waals surface area contributed by atoms with Gasteiger partial charge in [-0.05, 0) is 11.6 Å². The van der Waals surface area contributed by atoms with E-state index in [1.54, 1.807) is 0 Å². The van der Waals surface area contributed by atoms with E-state index < -0.39 is 0 Å². The van der Waals surface area contributed by atoms with Gasteiger partial charge in [0.2, 0.25) is 5.91 Å². The Morgan fingerprint density at radius 1 is 1.41 bits per heavy atom. The second-order valence-electron chi connectivity index (χ2n) is 4.03. The molecule has 4 nitrogen and oxygen atoms in total. The number of aliphatic hydroxyl groups is 1. The van der Waals surface area contributed by atoms with Crippen molar-refractivity contribution < 1.29 is 9.90 Å². The van der Waals surface area contributed by atoms with Gasteiger partial charge in [0.05, 0.1) is 13.0 Å². The predicted molar refractivity (Wildman–Crippen MR) is 66.7 cm³/mol. The lowest BCUT2D eigenvalue weighted by atomic mass is 10.1. The smallest absolute Gasteiger partial charge is 0.224 e. The number of carbonyl (C=O) groups is 1. The number of aromatic nitrogens is 1. The Hall–Kier alpha value is -1.81. The zero-order valence-electron chi connectivity index (χ0n) is 9.81. The number of nitrogens with one attached hydrogen (secondary N) is 1. The molecule has 17 heavy (non-hydrogen) atoms. The van der Waals surface area contributed by atoms with E-state index in [-0.39, 0.29) is 12.5 Å². The van der Waals surface area contributed by atoms with E-state index in [0.717, 1.165) is 16.5 Å². The Labute approximate surface area is 99.9 Å². The number of benzene rings is 1. The highest BCUT2D eigenvalue weighted by molar-refractivity contribution is 5.89. The molecule has 0 unspecified atom stereocenters. The zero-order valence-corrected chi connectivity index (χ0v) is 9.81. The summed E-state index contributed by atoms with van der Waals surface area (Å²) >= 11 is 0. The largest absolute Gasteiger partial charge is 0.395 e. The van der Waals surface area contributed by atoms with Crippen LogP contribution in [-0.2, 0) is 18.3 Å². The molecule has 0 bridgehead atoms. The van der Waals surface area contributed by atoms with Gasteiger partial charge in [-0.25, -0.2) is 0 Å². The number of nitrogens with zero attached hydrogens (tertiary/aromatic N) is 1. The molecule has 0 saturated heterocycles. The van der Waals surface area contributed by atoms with Gasteiger partial charge in [-0.3, -0.25) is 4.79 Å². The van der Waals surface area contributed by atoms with Gasteiger partial charge in [0.15, 0.2) is 0 Å². The second kappa shape index (κ2) is 5.01. The highest BCUT2D eigenvalue weighted by Crippen LogP contribution is 2.20. The Balaban J connectivity index is 2.21. The van der Waals surface area contributed by atoms with Crippen molar-refractivity contribution in [2.24, 2.45) is 7.05 Å². The maximum absolute atomic E-state index is 11.6. The summed E-state index contributed by atoms with van der Waals surface area (Å²) in [5.41, 5.74) is 2.14. The first-order valence-corrected chi connectivity index (χ1v) is 5.63. The molecule has 2 rings (SSSR count). The number of rotatable bonds is 4. The molecule has 4 heteroatoms. The van der Waals surface area contributed by atoms with Crippen molar-refractivity contribution in [1.29, 1.82) is 0 Å². The normalized spacial score (nSPS) is 10.7. The summed E-state index contributed by atoms with van der Waals surface area (Å²) in [6.07, 6.45) is 2.32. The van der Waals surface area contributed by atoms with Crippen LogP contribution >= 0.6 is 0 Å². The standard InChI is InChI=1S/C13H16N2O2/c1-15-9-10(8-13(17)14-6-7-16)11-4-2-3-5-12(11)15/h2-5,9,16H,6-8H2,1H3,(H,14,17). The number of aliphatic hydroxyl groups excluding tert-OH is 1. The fourth-order valence-corrected chi connectivity index (χ4v) is 2.00. The van der Waals surface area contributed by atoms with Gasteiger partial charge in [0.1, 0.15) is 0 Å². The third kappa shape index (κ3) is 2.47. The molecule has 90 valence electrons. The quantitative estimate of drug-likeness (QED) is 0.820. The van der Waals surface area contributed by atoms with Crippen LogP contribution in [0.25, 0.3) is 10.9 Å². The van der Waals surface area contributed by atoms with Crippen LogP contribution in [0, 0.1) is 0 Å². The minimum absolute atomic E-state index is 0.0265. The summed E-state index contributed by atoms with van der Waals surface area (Å²) in [4.78, 5) is 11.6. The average Bonchev–Trinajstić information content (AvgIpc) is 2.65. The van der Waals surface area contributed by atoms with Gasteiger partial charge >= 0.3 is 0 Å². The summed E-state index contributed by atoms with van der Waals surface area (Å²) in [6, 6.07) is 8.00. The maximum atomic E-state index is 11.6. The van der Waals surface area contributed by atoms with Crippen molar-refractivity contribution in [3.63, 3.8) is 0 Å². The van der Waals surface area contributed by atoms with Crippen LogP contribution in [0.15, 0.2) is 30.5 Å². The van der Waals surface area contributed by atoms with E-state index >= 15 is 0 Å². The molecule has 2 N–H and O–H groups in total. The number of hydrogen-bond acceptors (Lipinski definition) is 2. The fourth-order valence-electron chi connectivity index (χ4n) is 2.00. The Bertz CT molecular complexity index is 531. The lowest BCUT2D eigenvalue weighted by Gasteiger charge is -2.01. The van der Waals surface area contributed by atoms with Crippen LogP contribution in [0.1, 0.15) is 5.56 Å². The zero-order chi connectivity index (χ0) is 12.3. The van der Waals surface area contributed by atoms with E-state index in [1.165, 1.54) is 0 Å². The lowest BCUT2D eigenvalue weighted by Crippen LogP contribution is -2.27. The van der Waals surface area contributed by atoms with Crippen molar-refractivity contribution >= 4 is 16.8 Å². The van der Waals surface area contributed by atoms with Gasteiger partial charge in [-0.15, -0.1) is 0 Å². The number of para-hydroxylation sites is 1. The third-order valence-electron chi connectivity index (χ3n) is 2.76. The molecule has 2 aromatic rings. The van der Waals surface area contributed by atoms with E-state index in [9.17, 15) is 4.79 Å². The Morgan fingerprint density at radius 3 is 2.94 bits per heavy atom. The molecule has 1 heterocycles. The van der Waals surface area contributed by atoms with Crippen LogP contribution in [-0.4, -0.2) is 28.7 Å². The van der Waals surface area contributed by atoms with E-state index in [1.807, 2.05) is 42.1 Å². The number of amides is 1. The van der Waals surface area contributed by atoms with Gasteiger partial charge in [0.25, 0.3) is 0 Å². The average molecular weight is 232 g/mol. The summed E-state index contributed by atoms with van der Waals surface area (Å²) in [5, 5.41) is 12.4. The molecule has 0 spiro atoms. The van der Waals surface area contributed by atoms with Crippen LogP contribution in [0.3, 0.4) is 0 Å². The van der Waals surface area contributed by atoms with Crippen LogP contribution in [0.2, 0.25) is 0 Å². The van der Waals surface area contributed by atoms with E-state index in [0.29, 0.717) is 13.0 Å². The van der Waals surface area contributed by atoms with Crippen LogP contribution in [0.5, 0.6) is 0 Å². The molecule has 1 aromatic heterocycles. The van der Waals surface area contributed by atoms with E-state index in [4.69, 9.17) is 5.11 Å². The van der Waals surface area contributed by atoms with E-state index in [2.05, 4.69) is 5.32 Å². The van der Waals surface area contributed by atoms with Crippen LogP contribution in [0.4, 0.5) is 0 Å². The Kier molecular flexibility index (Phi) is 3.44. The number of aryl methyl sites for hydroxylation is 1. The first-order chi connectivity index (χ1) is 8.22. The van der Waals surface area contributed by atoms with Crippen LogP contribution < -0.4 is 5.32 Å². The molecule has 0 atom stereocenters. The molecule has 0 fully saturated rings. The molecule has 0 saturated carbocycles. The molecule has 0 aliphatic heterocycles. The summed E-state index contributed by atoms with van der Waals surface area (Å²) in [5.74, 6) is -0.0598. The minimum atomic E-state index is -0.0598. The molecular formula is C13H16N2O2. The third-order valence-corrected chi connectivity index (χ3v) is 2.76. The minimum Gasteiger partial charge on any atom is -0.395 e. The first-order valence-electron chi connectivity index (χ1n) is 5.63. The van der Waals surface area contributed by atoms with Gasteiger partial charge in [-0.1, -0.05) is 18.2 Å². The fraction of sp³-hybridized carbons (Fsp3) is 0.308. The molecular weight excluding hydrogens is 216 g/mol. The van der Waals surface area contributed by atoms with Gasteiger partial charge in [-0.2, -0.15) is 0 Å². The molecule has 1 aromatic carbocycles. The highest BCUT2D eigenvalue weighted by atomic mass is 16.3. The second-order valence-corrected chi connectivity index (χ2v) is 4.03. The lowest BCUT2D eigenvalue weighted by molar-refractivity contribution is -0.120. The van der Waals surface area contributed by atoms with Crippen molar-refractivity contribution in [3.05, 3.63) is 36.0 Å². The maximum Gasteiger partial charge on any atom is 0.224 e. The van der Waals surface area contributed by atoms with Crippen molar-refractivity contribution in [2.45, 2.75) is 6.42 Å². The van der Waals surface area contributed by atoms with Gasteiger partial charge in [0, 0.05) is 30.7 Å². The summed E-state index contributed by atoms with van der Waals surface area (Å²) in [6.45, 7) is 0.283. The number of carbonyl (C=O) groups excluding carboxylic acids is 1. The highest BCUT2D eigenvalue weighted by Gasteiger charge is 2.09. The van der Waals surface area contributed by atoms with Crippen molar-refractivity contribution in [3.8, 4) is 0 Å². The summed E-state index contributed by atoms with van der Waals surface area (Å²) in [7, 11) is 1.97. The number of hydrogen-bond donors (Lipinski definition) is 2. The number of fused-ring (bicyclic) bond motifs is 1. The monoisotopic (exact) mass is 232 g/mol. The SMILES string of the molecule is Cn1cc(CC(=O)NCCO)c2ccccc21. The summed E-state index contributed by atoms with van der Waals surface area (Å²) < 4.78 is 2.02. The molecule has 0 radical (unpaired) electrons. The van der Waals surface area contributed by atoms with Crippen molar-refractivity contribution in [1.82, 2.24) is 9.88 Å². The predicted octanol–water partition coefficient (Wildman–Crippen LogP) is 0.829. The molecule has 1 amide bonds. The first kappa shape index (κ1) is 11.7. The Morgan fingerprint density at radius 2 is 2.18 bits per heavy atom. The topological polar surface area (TPSA) is 54.3 Å². The molecule has 0 aliphatic rings. The molecule has 0 aliphatic carbocycles. The van der Waals surface area contributed by atoms with Gasteiger partial charge < -0.3 is 15.0 Å².